The van der Waals surface area contributed by atoms with E-state index in [2.05, 4.69) is 40.3 Å². The second-order valence-electron chi connectivity index (χ2n) is 6.33. The Bertz CT molecular complexity index is 743. The summed E-state index contributed by atoms with van der Waals surface area (Å²) >= 11 is 3.44. The fourth-order valence-electron chi connectivity index (χ4n) is 2.66. The lowest BCUT2D eigenvalue weighted by Crippen LogP contribution is -2.87. The van der Waals surface area contributed by atoms with Gasteiger partial charge in [-0.25, -0.2) is 0 Å². The lowest BCUT2D eigenvalue weighted by atomic mass is 10.0. The van der Waals surface area contributed by atoms with Gasteiger partial charge in [0.05, 0.1) is 0 Å². The molecule has 2 amide bonds. The van der Waals surface area contributed by atoms with E-state index >= 15 is 0 Å². The van der Waals surface area contributed by atoms with Gasteiger partial charge in [-0.1, -0.05) is 35.0 Å². The van der Waals surface area contributed by atoms with Gasteiger partial charge in [0, 0.05) is 41.8 Å². The minimum atomic E-state index is -0.0627. The van der Waals surface area contributed by atoms with E-state index in [0.717, 1.165) is 10.9 Å². The summed E-state index contributed by atoms with van der Waals surface area (Å²) < 4.78 is 1.05. The largest absolute Gasteiger partial charge is 0.345 e. The standard InChI is InChI=1S/C20H24BrN3O2/c1-4-18(14-5-9-16(21)10-6-14)22-13-19(25)23-17-11-7-15(8-12-17)20(26)24(2)3/h5-12,18,22H,4,13H2,1-3H3,(H,23,25)/p+1/t18-/m1/s1. The predicted molar refractivity (Wildman–Crippen MR) is 107 cm³/mol. The molecular formula is C20H25BrN3O2+. The van der Waals surface area contributed by atoms with Gasteiger partial charge >= 0.3 is 0 Å². The van der Waals surface area contributed by atoms with Gasteiger partial charge in [-0.15, -0.1) is 0 Å². The molecule has 0 aliphatic rings. The molecule has 2 rings (SSSR count). The van der Waals surface area contributed by atoms with Gasteiger partial charge in [0.2, 0.25) is 0 Å². The highest BCUT2D eigenvalue weighted by atomic mass is 79.9. The first-order valence-electron chi connectivity index (χ1n) is 8.61. The molecule has 2 aromatic carbocycles. The Balaban J connectivity index is 1.89. The molecule has 0 spiro atoms. The van der Waals surface area contributed by atoms with E-state index in [1.54, 1.807) is 38.4 Å². The highest BCUT2D eigenvalue weighted by Crippen LogP contribution is 2.16. The molecule has 1 atom stereocenters. The Labute approximate surface area is 162 Å². The van der Waals surface area contributed by atoms with Crippen LogP contribution in [0.5, 0.6) is 0 Å². The molecule has 0 aromatic heterocycles. The van der Waals surface area contributed by atoms with E-state index in [4.69, 9.17) is 0 Å². The third-order valence-electron chi connectivity index (χ3n) is 4.15. The fraction of sp³-hybridized carbons (Fsp3) is 0.300. The highest BCUT2D eigenvalue weighted by molar-refractivity contribution is 9.10. The Morgan fingerprint density at radius 1 is 1.08 bits per heavy atom. The monoisotopic (exact) mass is 418 g/mol. The van der Waals surface area contributed by atoms with Crippen molar-refractivity contribution in [2.45, 2.75) is 19.4 Å². The van der Waals surface area contributed by atoms with Crippen LogP contribution >= 0.6 is 15.9 Å². The summed E-state index contributed by atoms with van der Waals surface area (Å²) in [6.07, 6.45) is 0.941. The molecule has 0 unspecified atom stereocenters. The highest BCUT2D eigenvalue weighted by Gasteiger charge is 2.15. The molecule has 0 fully saturated rings. The number of carbonyl (C=O) groups excluding carboxylic acids is 2. The topological polar surface area (TPSA) is 66.0 Å². The minimum Gasteiger partial charge on any atom is -0.345 e. The zero-order chi connectivity index (χ0) is 19.1. The van der Waals surface area contributed by atoms with Crippen LogP contribution in [0.4, 0.5) is 5.69 Å². The number of benzene rings is 2. The third-order valence-corrected chi connectivity index (χ3v) is 4.68. The fourth-order valence-corrected chi connectivity index (χ4v) is 2.93. The number of hydrogen-bond acceptors (Lipinski definition) is 2. The van der Waals surface area contributed by atoms with Crippen molar-refractivity contribution in [3.63, 3.8) is 0 Å². The summed E-state index contributed by atoms with van der Waals surface area (Å²) in [4.78, 5) is 25.6. The number of quaternary nitrogens is 1. The number of carbonyl (C=O) groups is 2. The maximum absolute atomic E-state index is 12.2. The SMILES string of the molecule is CC[C@@H]([NH2+]CC(=O)Nc1ccc(C(=O)N(C)C)cc1)c1ccc(Br)cc1. The van der Waals surface area contributed by atoms with E-state index in [1.807, 2.05) is 17.4 Å². The maximum atomic E-state index is 12.2. The Hall–Kier alpha value is -2.18. The summed E-state index contributed by atoms with van der Waals surface area (Å²) in [7, 11) is 3.42. The van der Waals surface area contributed by atoms with Crippen LogP contribution < -0.4 is 10.6 Å². The van der Waals surface area contributed by atoms with E-state index in [-0.39, 0.29) is 17.9 Å². The summed E-state index contributed by atoms with van der Waals surface area (Å²) in [5.74, 6) is -0.122. The molecule has 26 heavy (non-hydrogen) atoms. The molecule has 6 heteroatoms. The molecule has 0 aliphatic carbocycles. The Kier molecular flexibility index (Phi) is 7.36. The van der Waals surface area contributed by atoms with Crippen LogP contribution in [-0.2, 0) is 4.79 Å². The van der Waals surface area contributed by atoms with Crippen LogP contribution in [0.1, 0.15) is 35.3 Å². The van der Waals surface area contributed by atoms with Gasteiger partial charge in [-0.05, 0) is 36.4 Å². The summed E-state index contributed by atoms with van der Waals surface area (Å²) in [5.41, 5.74) is 2.49. The normalized spacial score (nSPS) is 11.7. The van der Waals surface area contributed by atoms with Crippen LogP contribution in [0, 0.1) is 0 Å². The molecule has 0 saturated carbocycles. The number of anilines is 1. The summed E-state index contributed by atoms with van der Waals surface area (Å²) in [6.45, 7) is 2.45. The van der Waals surface area contributed by atoms with Gasteiger partial charge in [-0.2, -0.15) is 0 Å². The smallest absolute Gasteiger partial charge is 0.279 e. The van der Waals surface area contributed by atoms with Gasteiger partial charge in [0.25, 0.3) is 11.8 Å². The number of nitrogens with one attached hydrogen (secondary N) is 1. The lowest BCUT2D eigenvalue weighted by Gasteiger charge is -2.14. The molecule has 5 nitrogen and oxygen atoms in total. The Morgan fingerprint density at radius 2 is 1.69 bits per heavy atom. The van der Waals surface area contributed by atoms with E-state index in [9.17, 15) is 9.59 Å². The first kappa shape index (κ1) is 20.1. The average molecular weight is 419 g/mol. The van der Waals surface area contributed by atoms with Crippen LogP contribution in [0.25, 0.3) is 0 Å². The molecule has 138 valence electrons. The van der Waals surface area contributed by atoms with Gasteiger partial charge < -0.3 is 15.5 Å². The number of amides is 2. The molecule has 0 aliphatic heterocycles. The van der Waals surface area contributed by atoms with E-state index in [1.165, 1.54) is 10.5 Å². The van der Waals surface area contributed by atoms with Crippen molar-refractivity contribution >= 4 is 33.4 Å². The number of hydrogen-bond donors (Lipinski definition) is 2. The lowest BCUT2D eigenvalue weighted by molar-refractivity contribution is -0.686. The number of rotatable bonds is 7. The second-order valence-corrected chi connectivity index (χ2v) is 7.25. The molecule has 3 N–H and O–H groups in total. The van der Waals surface area contributed by atoms with E-state index < -0.39 is 0 Å². The van der Waals surface area contributed by atoms with E-state index in [0.29, 0.717) is 17.8 Å². The van der Waals surface area contributed by atoms with Crippen molar-refractivity contribution < 1.29 is 14.9 Å². The first-order valence-corrected chi connectivity index (χ1v) is 9.40. The molecule has 0 saturated heterocycles. The zero-order valence-electron chi connectivity index (χ0n) is 15.3. The van der Waals surface area contributed by atoms with Gasteiger partial charge in [0.15, 0.2) is 6.54 Å². The van der Waals surface area contributed by atoms with Crippen molar-refractivity contribution in [3.8, 4) is 0 Å². The van der Waals surface area contributed by atoms with Crippen molar-refractivity contribution in [3.05, 3.63) is 64.1 Å². The molecular weight excluding hydrogens is 394 g/mol. The minimum absolute atomic E-state index is 0.0588. The van der Waals surface area contributed by atoms with Crippen molar-refractivity contribution in [2.24, 2.45) is 0 Å². The third kappa shape index (κ3) is 5.68. The molecule has 0 heterocycles. The Morgan fingerprint density at radius 3 is 2.23 bits per heavy atom. The number of halogens is 1. The van der Waals surface area contributed by atoms with Crippen LogP contribution in [0.15, 0.2) is 53.0 Å². The van der Waals surface area contributed by atoms with Gasteiger partial charge in [0.1, 0.15) is 6.04 Å². The van der Waals surface area contributed by atoms with Crippen LogP contribution in [0.3, 0.4) is 0 Å². The van der Waals surface area contributed by atoms with Gasteiger partial charge in [-0.3, -0.25) is 9.59 Å². The molecule has 0 bridgehead atoms. The summed E-state index contributed by atoms with van der Waals surface area (Å²) in [5, 5.41) is 4.92. The second kappa shape index (κ2) is 9.50. The van der Waals surface area contributed by atoms with Crippen molar-refractivity contribution in [1.82, 2.24) is 4.90 Å². The van der Waals surface area contributed by atoms with Crippen molar-refractivity contribution in [1.29, 1.82) is 0 Å². The quantitative estimate of drug-likeness (QED) is 0.725. The molecule has 0 radical (unpaired) electrons. The van der Waals surface area contributed by atoms with Crippen LogP contribution in [-0.4, -0.2) is 37.4 Å². The average Bonchev–Trinajstić information content (AvgIpc) is 2.63. The van der Waals surface area contributed by atoms with Crippen LogP contribution in [0.2, 0.25) is 0 Å². The zero-order valence-corrected chi connectivity index (χ0v) is 16.9. The maximum Gasteiger partial charge on any atom is 0.279 e. The molecule has 2 aromatic rings. The number of nitrogens with zero attached hydrogens (tertiary/aromatic N) is 1. The predicted octanol–water partition coefficient (Wildman–Crippen LogP) is 2.80. The first-order chi connectivity index (χ1) is 12.4. The van der Waals surface area contributed by atoms with Crippen molar-refractivity contribution in [2.75, 3.05) is 26.0 Å². The number of nitrogens with two attached hydrogens (primary N) is 1. The summed E-state index contributed by atoms with van der Waals surface area (Å²) in [6, 6.07) is 15.4.